The SMILES string of the molecule is Cc1cc(Br)cc(CCl)c1OCCOC(F)(F)F. The summed E-state index contributed by atoms with van der Waals surface area (Å²) < 4.78 is 45.0. The molecule has 0 aliphatic carbocycles. The first-order valence-electron chi connectivity index (χ1n) is 5.02. The number of halogens is 5. The molecule has 0 fully saturated rings. The topological polar surface area (TPSA) is 18.5 Å². The summed E-state index contributed by atoms with van der Waals surface area (Å²) in [5, 5.41) is 0. The monoisotopic (exact) mass is 346 g/mol. The Hall–Kier alpha value is -0.460. The lowest BCUT2D eigenvalue weighted by Crippen LogP contribution is -2.18. The standard InChI is InChI=1S/C11H11BrClF3O2/c1-7-4-9(12)5-8(6-13)10(7)17-2-3-18-11(14,15)16/h4-5H,2-3,6H2,1H3. The fourth-order valence-electron chi connectivity index (χ4n) is 1.41. The average Bonchev–Trinajstić information content (AvgIpc) is 2.24. The minimum Gasteiger partial charge on any atom is -0.491 e. The summed E-state index contributed by atoms with van der Waals surface area (Å²) >= 11 is 9.06. The van der Waals surface area contributed by atoms with E-state index >= 15 is 0 Å². The largest absolute Gasteiger partial charge is 0.522 e. The van der Waals surface area contributed by atoms with Gasteiger partial charge in [0.2, 0.25) is 0 Å². The van der Waals surface area contributed by atoms with Crippen LogP contribution in [0.3, 0.4) is 0 Å². The van der Waals surface area contributed by atoms with Gasteiger partial charge >= 0.3 is 6.36 Å². The lowest BCUT2D eigenvalue weighted by atomic mass is 10.1. The maximum Gasteiger partial charge on any atom is 0.522 e. The molecular formula is C11H11BrClF3O2. The third-order valence-electron chi connectivity index (χ3n) is 2.06. The van der Waals surface area contributed by atoms with Crippen LogP contribution in [0.25, 0.3) is 0 Å². The molecule has 0 saturated heterocycles. The van der Waals surface area contributed by atoms with Crippen LogP contribution >= 0.6 is 27.5 Å². The third-order valence-corrected chi connectivity index (χ3v) is 2.80. The van der Waals surface area contributed by atoms with E-state index in [-0.39, 0.29) is 12.5 Å². The zero-order chi connectivity index (χ0) is 13.8. The van der Waals surface area contributed by atoms with Crippen molar-refractivity contribution in [1.29, 1.82) is 0 Å². The average molecular weight is 348 g/mol. The molecule has 0 spiro atoms. The van der Waals surface area contributed by atoms with Crippen LogP contribution in [0.4, 0.5) is 13.2 Å². The van der Waals surface area contributed by atoms with Crippen molar-refractivity contribution in [3.8, 4) is 5.75 Å². The summed E-state index contributed by atoms with van der Waals surface area (Å²) in [5.41, 5.74) is 1.52. The zero-order valence-corrected chi connectivity index (χ0v) is 11.8. The Morgan fingerprint density at radius 1 is 1.28 bits per heavy atom. The maximum atomic E-state index is 11.8. The Morgan fingerprint density at radius 3 is 2.50 bits per heavy atom. The number of hydrogen-bond acceptors (Lipinski definition) is 2. The molecule has 1 aromatic carbocycles. The first kappa shape index (κ1) is 15.6. The molecule has 2 nitrogen and oxygen atoms in total. The number of rotatable bonds is 5. The maximum absolute atomic E-state index is 11.8. The molecule has 0 unspecified atom stereocenters. The van der Waals surface area contributed by atoms with Gasteiger partial charge in [-0.15, -0.1) is 24.8 Å². The second-order valence-corrected chi connectivity index (χ2v) is 4.67. The van der Waals surface area contributed by atoms with Crippen molar-refractivity contribution in [1.82, 2.24) is 0 Å². The molecule has 0 heterocycles. The number of alkyl halides is 4. The Kier molecular flexibility index (Phi) is 5.75. The first-order chi connectivity index (χ1) is 8.33. The van der Waals surface area contributed by atoms with Gasteiger partial charge in [-0.05, 0) is 24.6 Å². The Morgan fingerprint density at radius 2 is 1.94 bits per heavy atom. The third kappa shape index (κ3) is 5.04. The van der Waals surface area contributed by atoms with Crippen molar-refractivity contribution in [2.45, 2.75) is 19.2 Å². The molecule has 7 heteroatoms. The molecule has 1 aromatic rings. The van der Waals surface area contributed by atoms with Gasteiger partial charge in [-0.25, -0.2) is 0 Å². The predicted molar refractivity (Wildman–Crippen MR) is 65.9 cm³/mol. The fraction of sp³-hybridized carbons (Fsp3) is 0.455. The van der Waals surface area contributed by atoms with E-state index in [1.54, 1.807) is 19.1 Å². The highest BCUT2D eigenvalue weighted by atomic mass is 79.9. The molecular weight excluding hydrogens is 336 g/mol. The Balaban J connectivity index is 2.62. The van der Waals surface area contributed by atoms with E-state index in [1.165, 1.54) is 0 Å². The molecule has 0 bridgehead atoms. The lowest BCUT2D eigenvalue weighted by molar-refractivity contribution is -0.325. The van der Waals surface area contributed by atoms with Crippen LogP contribution in [-0.4, -0.2) is 19.6 Å². The van der Waals surface area contributed by atoms with Crippen molar-refractivity contribution in [2.75, 3.05) is 13.2 Å². The fourth-order valence-corrected chi connectivity index (χ4v) is 2.22. The van der Waals surface area contributed by atoms with Gasteiger partial charge in [0.15, 0.2) is 0 Å². The van der Waals surface area contributed by atoms with Crippen LogP contribution in [-0.2, 0) is 10.6 Å². The normalized spacial score (nSPS) is 11.7. The molecule has 0 amide bonds. The van der Waals surface area contributed by atoms with Gasteiger partial charge in [0.1, 0.15) is 12.4 Å². The molecule has 0 aromatic heterocycles. The quantitative estimate of drug-likeness (QED) is 0.580. The second kappa shape index (κ2) is 6.63. The molecule has 1 rings (SSSR count). The number of hydrogen-bond donors (Lipinski definition) is 0. The summed E-state index contributed by atoms with van der Waals surface area (Å²) in [4.78, 5) is 0. The molecule has 18 heavy (non-hydrogen) atoms. The highest BCUT2D eigenvalue weighted by molar-refractivity contribution is 9.10. The molecule has 0 aliphatic rings. The van der Waals surface area contributed by atoms with Gasteiger partial charge in [-0.1, -0.05) is 15.9 Å². The summed E-state index contributed by atoms with van der Waals surface area (Å²) in [7, 11) is 0. The van der Waals surface area contributed by atoms with Gasteiger partial charge in [0.25, 0.3) is 0 Å². The molecule has 0 radical (unpaired) electrons. The molecule has 0 atom stereocenters. The zero-order valence-electron chi connectivity index (χ0n) is 9.48. The molecule has 102 valence electrons. The smallest absolute Gasteiger partial charge is 0.491 e. The van der Waals surface area contributed by atoms with Crippen LogP contribution in [0.15, 0.2) is 16.6 Å². The van der Waals surface area contributed by atoms with Gasteiger partial charge in [-0.2, -0.15) is 0 Å². The van der Waals surface area contributed by atoms with E-state index < -0.39 is 13.0 Å². The number of benzene rings is 1. The molecule has 0 aliphatic heterocycles. The van der Waals surface area contributed by atoms with E-state index in [2.05, 4.69) is 20.7 Å². The molecule has 0 saturated carbocycles. The van der Waals surface area contributed by atoms with Crippen LogP contribution in [0.1, 0.15) is 11.1 Å². The summed E-state index contributed by atoms with van der Waals surface area (Å²) in [5.74, 6) is 0.717. The highest BCUT2D eigenvalue weighted by Gasteiger charge is 2.28. The van der Waals surface area contributed by atoms with Crippen LogP contribution in [0, 0.1) is 6.92 Å². The van der Waals surface area contributed by atoms with Crippen molar-refractivity contribution < 1.29 is 22.6 Å². The van der Waals surface area contributed by atoms with Crippen molar-refractivity contribution in [3.63, 3.8) is 0 Å². The van der Waals surface area contributed by atoms with Crippen molar-refractivity contribution in [3.05, 3.63) is 27.7 Å². The minimum atomic E-state index is -4.63. The van der Waals surface area contributed by atoms with Crippen molar-refractivity contribution >= 4 is 27.5 Å². The summed E-state index contributed by atoms with van der Waals surface area (Å²) in [6, 6.07) is 3.57. The Labute approximate surface area is 116 Å². The van der Waals surface area contributed by atoms with E-state index in [1.807, 2.05) is 0 Å². The van der Waals surface area contributed by atoms with Gasteiger partial charge < -0.3 is 4.74 Å². The summed E-state index contributed by atoms with van der Waals surface area (Å²) in [6.07, 6.45) is -4.63. The van der Waals surface area contributed by atoms with Crippen LogP contribution in [0.5, 0.6) is 5.75 Å². The van der Waals surface area contributed by atoms with Crippen LogP contribution in [0.2, 0.25) is 0 Å². The van der Waals surface area contributed by atoms with Gasteiger partial charge in [0.05, 0.1) is 12.5 Å². The van der Waals surface area contributed by atoms with Crippen molar-refractivity contribution in [2.24, 2.45) is 0 Å². The highest BCUT2D eigenvalue weighted by Crippen LogP contribution is 2.29. The second-order valence-electron chi connectivity index (χ2n) is 3.49. The van der Waals surface area contributed by atoms with Gasteiger partial charge in [-0.3, -0.25) is 4.74 Å². The van der Waals surface area contributed by atoms with Crippen LogP contribution < -0.4 is 4.74 Å². The molecule has 0 N–H and O–H groups in total. The lowest BCUT2D eigenvalue weighted by Gasteiger charge is -2.14. The van der Waals surface area contributed by atoms with E-state index in [9.17, 15) is 13.2 Å². The van der Waals surface area contributed by atoms with E-state index in [4.69, 9.17) is 16.3 Å². The number of aryl methyl sites for hydroxylation is 1. The Bertz CT molecular complexity index is 410. The summed E-state index contributed by atoms with van der Waals surface area (Å²) in [6.45, 7) is 1.05. The number of ether oxygens (including phenoxy) is 2. The first-order valence-corrected chi connectivity index (χ1v) is 6.34. The van der Waals surface area contributed by atoms with E-state index in [0.717, 1.165) is 15.6 Å². The predicted octanol–water partition coefficient (Wildman–Crippen LogP) is 4.41. The minimum absolute atomic E-state index is 0.189. The van der Waals surface area contributed by atoms with Gasteiger partial charge in [0, 0.05) is 10.0 Å². The van der Waals surface area contributed by atoms with E-state index in [0.29, 0.717) is 5.75 Å².